The molecular formula is C30H30BrN7O3. The Kier molecular flexibility index (Phi) is 6.72. The van der Waals surface area contributed by atoms with Gasteiger partial charge in [0.15, 0.2) is 11.5 Å². The van der Waals surface area contributed by atoms with Crippen molar-refractivity contribution in [3.8, 4) is 11.1 Å². The number of fused-ring (bicyclic) bond motifs is 2. The molecule has 210 valence electrons. The van der Waals surface area contributed by atoms with Crippen LogP contribution in [0.15, 0.2) is 47.3 Å². The number of carbonyl (C=O) groups excluding carboxylic acids is 3. The first-order chi connectivity index (χ1) is 19.6. The molecule has 1 aliphatic heterocycles. The molecule has 4 heterocycles. The summed E-state index contributed by atoms with van der Waals surface area (Å²) in [5, 5.41) is 7.83. The lowest BCUT2D eigenvalue weighted by atomic mass is 9.96. The molecule has 11 heteroatoms. The molecule has 0 spiro atoms. The van der Waals surface area contributed by atoms with Gasteiger partial charge in [0.2, 0.25) is 5.91 Å². The maximum atomic E-state index is 13.9. The molecule has 2 aliphatic rings. The highest BCUT2D eigenvalue weighted by Gasteiger charge is 2.64. The van der Waals surface area contributed by atoms with E-state index < -0.39 is 6.04 Å². The second kappa shape index (κ2) is 10.1. The van der Waals surface area contributed by atoms with Crippen LogP contribution < -0.4 is 5.32 Å². The molecule has 3 aromatic heterocycles. The second-order valence-electron chi connectivity index (χ2n) is 11.3. The van der Waals surface area contributed by atoms with E-state index in [0.717, 1.165) is 23.1 Å². The first-order valence-electron chi connectivity index (χ1n) is 13.6. The molecule has 41 heavy (non-hydrogen) atoms. The number of halogens is 1. The first kappa shape index (κ1) is 27.2. The summed E-state index contributed by atoms with van der Waals surface area (Å²) in [5.41, 5.74) is 4.13. The van der Waals surface area contributed by atoms with Gasteiger partial charge in [-0.2, -0.15) is 5.10 Å². The van der Waals surface area contributed by atoms with Crippen LogP contribution >= 0.6 is 15.9 Å². The van der Waals surface area contributed by atoms with Crippen molar-refractivity contribution in [3.05, 3.63) is 70.1 Å². The van der Waals surface area contributed by atoms with Crippen molar-refractivity contribution >= 4 is 44.4 Å². The van der Waals surface area contributed by atoms with Gasteiger partial charge in [0.25, 0.3) is 5.91 Å². The standard InChI is InChI=1S/C30H30BrN7O3/c1-16-5-8-26(31)35-21(16)10-24(39)23-11-30(3)12-25(30)38(23)27(40)15-37-22-7-6-18(19-13-33-17(2)34-14-19)9-20(22)28(36-37)29(41)32-4/h5-9,13-14,23,25H,10-12,15H2,1-4H3,(H,32,41)/t23-,25+,30-/m0/s1. The SMILES string of the molecule is CNC(=O)c1nn(CC(=O)N2[C@H](C(=O)Cc3nc(Br)ccc3C)C[C@@]3(C)C[C@@H]23)c2ccc(-c3cnc(C)nc3)cc12. The lowest BCUT2D eigenvalue weighted by Gasteiger charge is -2.27. The summed E-state index contributed by atoms with van der Waals surface area (Å²) >= 11 is 3.39. The molecule has 1 aromatic carbocycles. The number of aryl methyl sites for hydroxylation is 2. The summed E-state index contributed by atoms with van der Waals surface area (Å²) in [4.78, 5) is 55.0. The van der Waals surface area contributed by atoms with Crippen molar-refractivity contribution in [2.45, 2.75) is 58.7 Å². The Bertz CT molecular complexity index is 1720. The molecule has 2 amide bonds. The van der Waals surface area contributed by atoms with Crippen molar-refractivity contribution in [2.24, 2.45) is 5.41 Å². The highest BCUT2D eigenvalue weighted by Crippen LogP contribution is 2.59. The number of ketones is 1. The average Bonchev–Trinajstić information content (AvgIpc) is 3.32. The van der Waals surface area contributed by atoms with E-state index in [0.29, 0.717) is 33.4 Å². The van der Waals surface area contributed by atoms with E-state index in [4.69, 9.17) is 0 Å². The fourth-order valence-electron chi connectivity index (χ4n) is 5.93. The molecule has 0 unspecified atom stereocenters. The van der Waals surface area contributed by atoms with Crippen LogP contribution in [0.5, 0.6) is 0 Å². The smallest absolute Gasteiger partial charge is 0.272 e. The van der Waals surface area contributed by atoms with Gasteiger partial charge in [-0.3, -0.25) is 19.1 Å². The van der Waals surface area contributed by atoms with Crippen LogP contribution in [0.4, 0.5) is 0 Å². The topological polar surface area (TPSA) is 123 Å². The van der Waals surface area contributed by atoms with Gasteiger partial charge in [0.05, 0.1) is 23.7 Å². The summed E-state index contributed by atoms with van der Waals surface area (Å²) in [5.74, 6) is 0.124. The maximum absolute atomic E-state index is 13.9. The Morgan fingerprint density at radius 3 is 2.56 bits per heavy atom. The third kappa shape index (κ3) is 4.92. The number of nitrogens with one attached hydrogen (secondary N) is 1. The number of likely N-dealkylation sites (tertiary alicyclic amines) is 1. The van der Waals surface area contributed by atoms with Crippen molar-refractivity contribution in [1.29, 1.82) is 0 Å². The van der Waals surface area contributed by atoms with E-state index >= 15 is 0 Å². The van der Waals surface area contributed by atoms with Crippen molar-refractivity contribution < 1.29 is 14.4 Å². The summed E-state index contributed by atoms with van der Waals surface area (Å²) in [6, 6.07) is 8.92. The Morgan fingerprint density at radius 2 is 1.83 bits per heavy atom. The van der Waals surface area contributed by atoms with Gasteiger partial charge in [-0.1, -0.05) is 19.1 Å². The summed E-state index contributed by atoms with van der Waals surface area (Å²) in [7, 11) is 1.55. The van der Waals surface area contributed by atoms with Gasteiger partial charge < -0.3 is 10.2 Å². The monoisotopic (exact) mass is 615 g/mol. The number of hydrogen-bond acceptors (Lipinski definition) is 7. The minimum Gasteiger partial charge on any atom is -0.354 e. The van der Waals surface area contributed by atoms with E-state index in [9.17, 15) is 14.4 Å². The van der Waals surface area contributed by atoms with Gasteiger partial charge >= 0.3 is 0 Å². The quantitative estimate of drug-likeness (QED) is 0.313. The zero-order valence-corrected chi connectivity index (χ0v) is 24.9. The highest BCUT2D eigenvalue weighted by molar-refractivity contribution is 9.10. The third-order valence-corrected chi connectivity index (χ3v) is 8.84. The molecule has 1 saturated carbocycles. The van der Waals surface area contributed by atoms with Crippen LogP contribution in [0.25, 0.3) is 22.0 Å². The molecule has 6 rings (SSSR count). The van der Waals surface area contributed by atoms with Crippen LogP contribution in [0.2, 0.25) is 0 Å². The van der Waals surface area contributed by atoms with Crippen molar-refractivity contribution in [2.75, 3.05) is 7.05 Å². The van der Waals surface area contributed by atoms with Crippen LogP contribution in [0.1, 0.15) is 47.3 Å². The number of benzene rings is 1. The van der Waals surface area contributed by atoms with Gasteiger partial charge in [0.1, 0.15) is 17.0 Å². The molecule has 3 atom stereocenters. The molecule has 0 radical (unpaired) electrons. The maximum Gasteiger partial charge on any atom is 0.272 e. The molecular weight excluding hydrogens is 586 g/mol. The van der Waals surface area contributed by atoms with Crippen LogP contribution in [0.3, 0.4) is 0 Å². The molecule has 1 N–H and O–H groups in total. The predicted octanol–water partition coefficient (Wildman–Crippen LogP) is 3.82. The Hall–Kier alpha value is -3.99. The van der Waals surface area contributed by atoms with E-state index in [1.54, 1.807) is 29.0 Å². The fourth-order valence-corrected chi connectivity index (χ4v) is 6.28. The van der Waals surface area contributed by atoms with Crippen molar-refractivity contribution in [1.82, 2.24) is 34.9 Å². The number of aromatic nitrogens is 5. The lowest BCUT2D eigenvalue weighted by molar-refractivity contribution is -0.139. The summed E-state index contributed by atoms with van der Waals surface area (Å²) < 4.78 is 2.24. The fraction of sp³-hybridized carbons (Fsp3) is 0.367. The molecule has 1 saturated heterocycles. The highest BCUT2D eigenvalue weighted by atomic mass is 79.9. The average molecular weight is 617 g/mol. The third-order valence-electron chi connectivity index (χ3n) is 8.40. The number of rotatable bonds is 7. The molecule has 1 aliphatic carbocycles. The normalized spacial score (nSPS) is 21.1. The number of nitrogens with zero attached hydrogens (tertiary/aromatic N) is 6. The van der Waals surface area contributed by atoms with Gasteiger partial charge in [0, 0.05) is 36.4 Å². The van der Waals surface area contributed by atoms with Gasteiger partial charge in [-0.15, -0.1) is 0 Å². The molecule has 0 bridgehead atoms. The van der Waals surface area contributed by atoms with E-state index in [1.807, 2.05) is 44.2 Å². The van der Waals surface area contributed by atoms with Crippen LogP contribution in [-0.2, 0) is 22.6 Å². The Labute approximate surface area is 245 Å². The first-order valence-corrected chi connectivity index (χ1v) is 14.3. The number of hydrogen-bond donors (Lipinski definition) is 1. The number of amides is 2. The molecule has 4 aromatic rings. The van der Waals surface area contributed by atoms with E-state index in [2.05, 4.69) is 48.2 Å². The van der Waals surface area contributed by atoms with E-state index in [-0.39, 0.29) is 47.7 Å². The van der Waals surface area contributed by atoms with Gasteiger partial charge in [-0.05, 0) is 77.4 Å². The van der Waals surface area contributed by atoms with Gasteiger partial charge in [-0.25, -0.2) is 15.0 Å². The minimum absolute atomic E-state index is 0.0122. The molecule has 2 fully saturated rings. The van der Waals surface area contributed by atoms with Crippen molar-refractivity contribution in [3.63, 3.8) is 0 Å². The molecule has 10 nitrogen and oxygen atoms in total. The largest absolute Gasteiger partial charge is 0.354 e. The zero-order valence-electron chi connectivity index (χ0n) is 23.3. The second-order valence-corrected chi connectivity index (χ2v) is 12.1. The number of carbonyl (C=O) groups is 3. The summed E-state index contributed by atoms with van der Waals surface area (Å²) in [6.07, 6.45) is 5.15. The Balaban J connectivity index is 1.30. The van der Waals surface area contributed by atoms with E-state index in [1.165, 1.54) is 0 Å². The number of pyridine rings is 1. The lowest BCUT2D eigenvalue weighted by Crippen LogP contribution is -2.45. The van der Waals surface area contributed by atoms with Crippen LogP contribution in [0, 0.1) is 19.3 Å². The predicted molar refractivity (Wildman–Crippen MR) is 156 cm³/mol. The Morgan fingerprint density at radius 1 is 1.07 bits per heavy atom. The van der Waals surface area contributed by atoms with Crippen LogP contribution in [-0.4, -0.2) is 66.4 Å². The number of Topliss-reactive ketones (excluding diaryl/α,β-unsaturated/α-hetero) is 1. The number of piperidine rings is 1. The summed E-state index contributed by atoms with van der Waals surface area (Å²) in [6.45, 7) is 5.81. The minimum atomic E-state index is -0.514. The zero-order chi connectivity index (χ0) is 29.1.